The molecule has 0 amide bonds. The molecule has 0 fully saturated rings. The maximum Gasteiger partial charge on any atom is 0.273 e. The first-order chi connectivity index (χ1) is 9.50. The Morgan fingerprint density at radius 2 is 1.90 bits per heavy atom. The maximum absolute atomic E-state index is 12.7. The van der Waals surface area contributed by atoms with E-state index in [4.69, 9.17) is 0 Å². The molecule has 0 N–H and O–H groups in total. The van der Waals surface area contributed by atoms with Gasteiger partial charge in [0.15, 0.2) is 5.78 Å². The summed E-state index contributed by atoms with van der Waals surface area (Å²) in [4.78, 5) is 12.8. The number of hydrogen-bond acceptors (Lipinski definition) is 4. The van der Waals surface area contributed by atoms with Gasteiger partial charge < -0.3 is 0 Å². The summed E-state index contributed by atoms with van der Waals surface area (Å²) < 4.78 is 27.1. The average Bonchev–Trinajstić information content (AvgIpc) is 2.87. The summed E-state index contributed by atoms with van der Waals surface area (Å²) in [5.41, 5.74) is 0.963. The number of fused-ring (bicyclic) bond motifs is 1. The van der Waals surface area contributed by atoms with Crippen LogP contribution in [0.4, 0.5) is 5.69 Å². The van der Waals surface area contributed by atoms with Gasteiger partial charge in [-0.15, -0.1) is 11.3 Å². The van der Waals surface area contributed by atoms with E-state index in [2.05, 4.69) is 0 Å². The number of thiophene rings is 1. The van der Waals surface area contributed by atoms with Crippen LogP contribution in [0.2, 0.25) is 0 Å². The maximum atomic E-state index is 12.7. The van der Waals surface area contributed by atoms with Gasteiger partial charge in [0.05, 0.1) is 5.69 Å². The molecule has 2 aromatic rings. The highest BCUT2D eigenvalue weighted by Gasteiger charge is 2.32. The highest BCUT2D eigenvalue weighted by Crippen LogP contribution is 2.33. The summed E-state index contributed by atoms with van der Waals surface area (Å²) in [6, 6.07) is 10.3. The summed E-state index contributed by atoms with van der Waals surface area (Å²) in [5, 5.41) is 0. The van der Waals surface area contributed by atoms with E-state index in [1.807, 2.05) is 6.92 Å². The van der Waals surface area contributed by atoms with Gasteiger partial charge in [-0.3, -0.25) is 9.10 Å². The highest BCUT2D eigenvalue weighted by atomic mass is 32.2. The van der Waals surface area contributed by atoms with Crippen molar-refractivity contribution < 1.29 is 13.2 Å². The Kier molecular flexibility index (Phi) is 3.14. The zero-order chi connectivity index (χ0) is 14.3. The van der Waals surface area contributed by atoms with Crippen LogP contribution in [0.1, 0.15) is 21.7 Å². The van der Waals surface area contributed by atoms with Crippen LogP contribution < -0.4 is 4.31 Å². The van der Waals surface area contributed by atoms with E-state index < -0.39 is 10.0 Å². The molecule has 0 spiro atoms. The van der Waals surface area contributed by atoms with Crippen molar-refractivity contribution in [3.63, 3.8) is 0 Å². The van der Waals surface area contributed by atoms with Crippen molar-refractivity contribution in [2.45, 2.75) is 17.6 Å². The number of nitrogens with zero attached hydrogens (tertiary/aromatic N) is 1. The smallest absolute Gasteiger partial charge is 0.273 e. The number of benzene rings is 1. The molecule has 104 valence electrons. The van der Waals surface area contributed by atoms with Crippen LogP contribution in [0, 0.1) is 6.92 Å². The second-order valence-corrected chi connectivity index (χ2v) is 8.01. The van der Waals surface area contributed by atoms with E-state index in [0.29, 0.717) is 15.5 Å². The minimum absolute atomic E-state index is 0.00518. The van der Waals surface area contributed by atoms with Crippen molar-refractivity contribution in [1.29, 1.82) is 0 Å². The largest absolute Gasteiger partial charge is 0.294 e. The molecule has 1 aliphatic rings. The highest BCUT2D eigenvalue weighted by molar-refractivity contribution is 7.94. The van der Waals surface area contributed by atoms with Crippen molar-refractivity contribution in [2.24, 2.45) is 0 Å². The molecule has 0 radical (unpaired) electrons. The number of rotatable bonds is 2. The lowest BCUT2D eigenvalue weighted by Crippen LogP contribution is -2.37. The van der Waals surface area contributed by atoms with Crippen LogP contribution in [0.3, 0.4) is 0 Å². The fourth-order valence-electron chi connectivity index (χ4n) is 2.29. The number of sulfonamides is 1. The molecule has 0 bridgehead atoms. The van der Waals surface area contributed by atoms with Gasteiger partial charge in [-0.25, -0.2) is 8.42 Å². The molecule has 0 aliphatic carbocycles. The van der Waals surface area contributed by atoms with E-state index in [9.17, 15) is 13.2 Å². The number of anilines is 1. The lowest BCUT2D eigenvalue weighted by molar-refractivity contribution is 0.0982. The van der Waals surface area contributed by atoms with Crippen molar-refractivity contribution in [1.82, 2.24) is 0 Å². The first-order valence-corrected chi connectivity index (χ1v) is 8.47. The van der Waals surface area contributed by atoms with E-state index in [1.54, 1.807) is 36.4 Å². The van der Waals surface area contributed by atoms with Gasteiger partial charge in [0.2, 0.25) is 0 Å². The Morgan fingerprint density at radius 1 is 1.15 bits per heavy atom. The van der Waals surface area contributed by atoms with Gasteiger partial charge in [-0.05, 0) is 31.2 Å². The van der Waals surface area contributed by atoms with E-state index in [-0.39, 0.29) is 18.7 Å². The van der Waals surface area contributed by atoms with E-state index in [0.717, 1.165) is 4.88 Å². The zero-order valence-corrected chi connectivity index (χ0v) is 12.5. The Labute approximate surface area is 121 Å². The number of ketones is 1. The summed E-state index contributed by atoms with van der Waals surface area (Å²) in [7, 11) is -3.58. The summed E-state index contributed by atoms with van der Waals surface area (Å²) >= 11 is 1.25. The molecule has 6 heteroatoms. The standard InChI is InChI=1S/C14H13NO3S2/c1-10-6-7-14(19-10)20(17,18)15-9-8-13(16)11-4-2-3-5-12(11)15/h2-7H,8-9H2,1H3. The quantitative estimate of drug-likeness (QED) is 0.857. The van der Waals surface area contributed by atoms with Crippen molar-refractivity contribution in [2.75, 3.05) is 10.8 Å². The third kappa shape index (κ3) is 2.05. The van der Waals surface area contributed by atoms with Gasteiger partial charge in [0, 0.05) is 23.4 Å². The Morgan fingerprint density at radius 3 is 2.60 bits per heavy atom. The number of Topliss-reactive ketones (excluding diaryl/α,β-unsaturated/α-hetero) is 1. The third-order valence-corrected chi connectivity index (χ3v) is 6.56. The zero-order valence-electron chi connectivity index (χ0n) is 10.9. The number of carbonyl (C=O) groups is 1. The van der Waals surface area contributed by atoms with Gasteiger partial charge in [-0.2, -0.15) is 0 Å². The fraction of sp³-hybridized carbons (Fsp3) is 0.214. The molecule has 1 aromatic heterocycles. The number of carbonyl (C=O) groups excluding carboxylic acids is 1. The first-order valence-electron chi connectivity index (χ1n) is 6.21. The lowest BCUT2D eigenvalue weighted by atomic mass is 10.0. The van der Waals surface area contributed by atoms with Gasteiger partial charge in [-0.1, -0.05) is 12.1 Å². The van der Waals surface area contributed by atoms with Crippen molar-refractivity contribution in [3.8, 4) is 0 Å². The predicted octanol–water partition coefficient (Wildman–Crippen LogP) is 2.84. The SMILES string of the molecule is Cc1ccc(S(=O)(=O)N2CCC(=O)c3ccccc32)s1. The molecule has 1 aliphatic heterocycles. The van der Waals surface area contributed by atoms with Crippen LogP contribution in [0.15, 0.2) is 40.6 Å². The third-order valence-electron chi connectivity index (χ3n) is 3.28. The number of aryl methyl sites for hydroxylation is 1. The fourth-order valence-corrected chi connectivity index (χ4v) is 5.18. The van der Waals surface area contributed by atoms with Crippen molar-refractivity contribution in [3.05, 3.63) is 46.8 Å². The minimum atomic E-state index is -3.58. The molecule has 3 rings (SSSR count). The molecule has 2 heterocycles. The number of hydrogen-bond donors (Lipinski definition) is 0. The normalized spacial score (nSPS) is 15.2. The molecule has 1 aromatic carbocycles. The Bertz CT molecular complexity index is 777. The minimum Gasteiger partial charge on any atom is -0.294 e. The number of para-hydroxylation sites is 1. The molecule has 4 nitrogen and oxygen atoms in total. The van der Waals surface area contributed by atoms with Crippen LogP contribution >= 0.6 is 11.3 Å². The first kappa shape index (κ1) is 13.3. The lowest BCUT2D eigenvalue weighted by Gasteiger charge is -2.29. The van der Waals surface area contributed by atoms with Gasteiger partial charge >= 0.3 is 0 Å². The van der Waals surface area contributed by atoms with Crippen LogP contribution in [-0.2, 0) is 10.0 Å². The average molecular weight is 307 g/mol. The van der Waals surface area contributed by atoms with Gasteiger partial charge in [0.25, 0.3) is 10.0 Å². The molecule has 20 heavy (non-hydrogen) atoms. The Balaban J connectivity index is 2.12. The second-order valence-electron chi connectivity index (χ2n) is 4.63. The van der Waals surface area contributed by atoms with Crippen molar-refractivity contribution >= 4 is 32.8 Å². The summed E-state index contributed by atoms with van der Waals surface area (Å²) in [6.07, 6.45) is 0.223. The molecular formula is C14H13NO3S2. The molecule has 0 atom stereocenters. The second kappa shape index (κ2) is 4.71. The summed E-state index contributed by atoms with van der Waals surface area (Å²) in [5.74, 6) is -0.00518. The van der Waals surface area contributed by atoms with Crippen LogP contribution in [-0.4, -0.2) is 20.7 Å². The monoisotopic (exact) mass is 307 g/mol. The molecule has 0 unspecified atom stereocenters. The molecule has 0 saturated carbocycles. The molecule has 0 saturated heterocycles. The molecular weight excluding hydrogens is 294 g/mol. The summed E-state index contributed by atoms with van der Waals surface area (Å²) in [6.45, 7) is 2.08. The van der Waals surface area contributed by atoms with Gasteiger partial charge in [0.1, 0.15) is 4.21 Å². The van der Waals surface area contributed by atoms with Crippen LogP contribution in [0.5, 0.6) is 0 Å². The topological polar surface area (TPSA) is 54.5 Å². The predicted molar refractivity (Wildman–Crippen MR) is 79.0 cm³/mol. The Hall–Kier alpha value is -1.66. The van der Waals surface area contributed by atoms with E-state index in [1.165, 1.54) is 15.6 Å². The van der Waals surface area contributed by atoms with E-state index >= 15 is 0 Å². The van der Waals surface area contributed by atoms with Crippen LogP contribution in [0.25, 0.3) is 0 Å².